The van der Waals surface area contributed by atoms with Crippen LogP contribution in [0.5, 0.6) is 0 Å². The Morgan fingerprint density at radius 1 is 1.35 bits per heavy atom. The summed E-state index contributed by atoms with van der Waals surface area (Å²) in [7, 11) is 1.86. The quantitative estimate of drug-likeness (QED) is 0.730. The Balaban J connectivity index is 0.00000243. The fraction of sp³-hybridized carbons (Fsp3) is 0.588. The SMILES string of the molecule is Cc1nn(C)c2sc(C(=O)NC(C)C(=O)NC3CCC(N)CC3)cc12.Cl. The van der Waals surface area contributed by atoms with Crippen molar-refractivity contribution < 1.29 is 9.59 Å². The summed E-state index contributed by atoms with van der Waals surface area (Å²) in [4.78, 5) is 26.3. The Morgan fingerprint density at radius 2 is 2.00 bits per heavy atom. The van der Waals surface area contributed by atoms with Crippen molar-refractivity contribution in [3.05, 3.63) is 16.6 Å². The van der Waals surface area contributed by atoms with Crippen LogP contribution in [0.15, 0.2) is 6.07 Å². The third-order valence-corrected chi connectivity index (χ3v) is 5.98. The number of nitrogens with two attached hydrogens (primary N) is 1. The first-order valence-electron chi connectivity index (χ1n) is 8.65. The predicted molar refractivity (Wildman–Crippen MR) is 106 cm³/mol. The fourth-order valence-corrected chi connectivity index (χ4v) is 4.27. The summed E-state index contributed by atoms with van der Waals surface area (Å²) >= 11 is 1.39. The molecule has 1 atom stereocenters. The van der Waals surface area contributed by atoms with Crippen LogP contribution in [0, 0.1) is 6.92 Å². The summed E-state index contributed by atoms with van der Waals surface area (Å²) in [6, 6.07) is 1.67. The van der Waals surface area contributed by atoms with Gasteiger partial charge in [0.2, 0.25) is 5.91 Å². The molecule has 0 aromatic carbocycles. The lowest BCUT2D eigenvalue weighted by atomic mass is 9.91. The van der Waals surface area contributed by atoms with Crippen LogP contribution in [0.3, 0.4) is 0 Å². The second kappa shape index (κ2) is 8.37. The molecule has 0 spiro atoms. The van der Waals surface area contributed by atoms with Crippen LogP contribution in [-0.2, 0) is 11.8 Å². The number of thiophene rings is 1. The first kappa shape index (κ1) is 20.7. The molecule has 3 rings (SSSR count). The van der Waals surface area contributed by atoms with E-state index in [9.17, 15) is 9.59 Å². The van der Waals surface area contributed by atoms with E-state index in [0.29, 0.717) is 4.88 Å². The molecule has 2 aromatic heterocycles. The molecule has 2 amide bonds. The number of nitrogens with zero attached hydrogens (tertiary/aromatic N) is 2. The van der Waals surface area contributed by atoms with Crippen LogP contribution in [0.1, 0.15) is 48.0 Å². The number of fused-ring (bicyclic) bond motifs is 1. The summed E-state index contributed by atoms with van der Waals surface area (Å²) in [5.41, 5.74) is 6.78. The first-order valence-corrected chi connectivity index (χ1v) is 9.46. The summed E-state index contributed by atoms with van der Waals surface area (Å²) in [6.07, 6.45) is 3.66. The summed E-state index contributed by atoms with van der Waals surface area (Å²) in [5, 5.41) is 11.1. The highest BCUT2D eigenvalue weighted by Gasteiger charge is 2.24. The van der Waals surface area contributed by atoms with E-state index in [1.54, 1.807) is 11.6 Å². The number of hydrogen-bond acceptors (Lipinski definition) is 5. The molecule has 0 radical (unpaired) electrons. The van der Waals surface area contributed by atoms with E-state index in [4.69, 9.17) is 5.73 Å². The lowest BCUT2D eigenvalue weighted by Crippen LogP contribution is -2.49. The maximum atomic E-state index is 12.5. The van der Waals surface area contributed by atoms with Gasteiger partial charge in [0.05, 0.1) is 10.6 Å². The van der Waals surface area contributed by atoms with Gasteiger partial charge in [0.15, 0.2) is 0 Å². The van der Waals surface area contributed by atoms with Crippen molar-refractivity contribution in [1.29, 1.82) is 0 Å². The molecule has 144 valence electrons. The number of halogens is 1. The highest BCUT2D eigenvalue weighted by atomic mass is 35.5. The number of amides is 2. The average molecular weight is 400 g/mol. The molecule has 0 saturated heterocycles. The zero-order chi connectivity index (χ0) is 18.1. The topological polar surface area (TPSA) is 102 Å². The van der Waals surface area contributed by atoms with E-state index in [1.807, 2.05) is 20.0 Å². The lowest BCUT2D eigenvalue weighted by molar-refractivity contribution is -0.123. The molecule has 0 bridgehead atoms. The van der Waals surface area contributed by atoms with Gasteiger partial charge in [-0.2, -0.15) is 5.10 Å². The molecular weight excluding hydrogens is 374 g/mol. The van der Waals surface area contributed by atoms with E-state index in [1.165, 1.54) is 11.3 Å². The normalized spacial score (nSPS) is 21.1. The standard InChI is InChI=1S/C17H25N5O2S.ClH/c1-9-13-8-14(25-17(13)22(3)21-9)16(24)19-10(2)15(23)20-12-6-4-11(18)5-7-12;/h8,10-12H,4-7,18H2,1-3H3,(H,19,24)(H,20,23);1H. The van der Waals surface area contributed by atoms with Crippen molar-refractivity contribution in [2.24, 2.45) is 12.8 Å². The molecule has 2 heterocycles. The fourth-order valence-electron chi connectivity index (χ4n) is 3.24. The highest BCUT2D eigenvalue weighted by molar-refractivity contribution is 7.20. The first-order chi connectivity index (χ1) is 11.8. The summed E-state index contributed by atoms with van der Waals surface area (Å²) in [5.74, 6) is -0.373. The maximum absolute atomic E-state index is 12.5. The minimum atomic E-state index is -0.576. The number of rotatable bonds is 4. The molecule has 4 N–H and O–H groups in total. The molecular formula is C17H26ClN5O2S. The Kier molecular flexibility index (Phi) is 6.65. The molecule has 1 unspecified atom stereocenters. The van der Waals surface area contributed by atoms with Gasteiger partial charge in [-0.05, 0) is 45.6 Å². The average Bonchev–Trinajstić information content (AvgIpc) is 3.12. The van der Waals surface area contributed by atoms with Gasteiger partial charge in [-0.1, -0.05) is 0 Å². The van der Waals surface area contributed by atoms with Crippen LogP contribution >= 0.6 is 23.7 Å². The largest absolute Gasteiger partial charge is 0.352 e. The van der Waals surface area contributed by atoms with Crippen LogP contribution in [0.2, 0.25) is 0 Å². The zero-order valence-corrected chi connectivity index (χ0v) is 16.9. The third kappa shape index (κ3) is 4.36. The smallest absolute Gasteiger partial charge is 0.262 e. The molecule has 1 saturated carbocycles. The van der Waals surface area contributed by atoms with Crippen molar-refractivity contribution in [3.8, 4) is 0 Å². The second-order valence-electron chi connectivity index (χ2n) is 6.85. The van der Waals surface area contributed by atoms with Gasteiger partial charge in [0.1, 0.15) is 10.9 Å². The van der Waals surface area contributed by atoms with E-state index < -0.39 is 6.04 Å². The van der Waals surface area contributed by atoms with Gasteiger partial charge >= 0.3 is 0 Å². The van der Waals surface area contributed by atoms with Gasteiger partial charge in [-0.25, -0.2) is 0 Å². The molecule has 7 nitrogen and oxygen atoms in total. The van der Waals surface area contributed by atoms with Gasteiger partial charge in [0.25, 0.3) is 5.91 Å². The van der Waals surface area contributed by atoms with Crippen LogP contribution in [0.4, 0.5) is 0 Å². The van der Waals surface area contributed by atoms with Gasteiger partial charge in [-0.3, -0.25) is 14.3 Å². The van der Waals surface area contributed by atoms with E-state index in [-0.39, 0.29) is 36.3 Å². The minimum absolute atomic E-state index is 0. The van der Waals surface area contributed by atoms with Gasteiger partial charge in [0, 0.05) is 24.5 Å². The third-order valence-electron chi connectivity index (χ3n) is 4.78. The number of aromatic nitrogens is 2. The molecule has 1 aliphatic carbocycles. The summed E-state index contributed by atoms with van der Waals surface area (Å²) < 4.78 is 1.77. The molecule has 1 aliphatic rings. The molecule has 2 aromatic rings. The minimum Gasteiger partial charge on any atom is -0.352 e. The molecule has 0 aliphatic heterocycles. The van der Waals surface area contributed by atoms with Crippen molar-refractivity contribution in [2.75, 3.05) is 0 Å². The maximum Gasteiger partial charge on any atom is 0.262 e. The Morgan fingerprint density at radius 3 is 2.62 bits per heavy atom. The van der Waals surface area contributed by atoms with E-state index >= 15 is 0 Å². The van der Waals surface area contributed by atoms with Gasteiger partial charge < -0.3 is 16.4 Å². The number of carbonyl (C=O) groups is 2. The number of hydrogen-bond donors (Lipinski definition) is 3. The van der Waals surface area contributed by atoms with Crippen LogP contribution < -0.4 is 16.4 Å². The Hall–Kier alpha value is -1.64. The van der Waals surface area contributed by atoms with Crippen molar-refractivity contribution in [1.82, 2.24) is 20.4 Å². The van der Waals surface area contributed by atoms with E-state index in [2.05, 4.69) is 15.7 Å². The lowest BCUT2D eigenvalue weighted by Gasteiger charge is -2.28. The molecule has 1 fully saturated rings. The molecule has 9 heteroatoms. The van der Waals surface area contributed by atoms with Gasteiger partial charge in [-0.15, -0.1) is 23.7 Å². The van der Waals surface area contributed by atoms with Crippen molar-refractivity contribution in [3.63, 3.8) is 0 Å². The van der Waals surface area contributed by atoms with E-state index in [0.717, 1.165) is 41.6 Å². The second-order valence-corrected chi connectivity index (χ2v) is 7.88. The van der Waals surface area contributed by atoms with Crippen LogP contribution in [0.25, 0.3) is 10.2 Å². The van der Waals surface area contributed by atoms with Crippen LogP contribution in [-0.4, -0.2) is 39.7 Å². The number of aryl methyl sites for hydroxylation is 2. The number of nitrogens with one attached hydrogen (secondary N) is 2. The number of carbonyl (C=O) groups excluding carboxylic acids is 2. The Bertz CT molecular complexity index is 760. The van der Waals surface area contributed by atoms with Crippen molar-refractivity contribution in [2.45, 2.75) is 57.7 Å². The molecule has 26 heavy (non-hydrogen) atoms. The zero-order valence-electron chi connectivity index (χ0n) is 15.2. The highest BCUT2D eigenvalue weighted by Crippen LogP contribution is 2.27. The summed E-state index contributed by atoms with van der Waals surface area (Å²) in [6.45, 7) is 3.63. The van der Waals surface area contributed by atoms with Crippen molar-refractivity contribution >= 4 is 45.8 Å². The monoisotopic (exact) mass is 399 g/mol. The predicted octanol–water partition coefficient (Wildman–Crippen LogP) is 1.87. The Labute approximate surface area is 163 Å².